The first-order chi connectivity index (χ1) is 23.7. The molecule has 1 aromatic rings. The third kappa shape index (κ3) is 5.61. The zero-order chi connectivity index (χ0) is 38.0. The number of aliphatic hydroxyl groups is 1. The van der Waals surface area contributed by atoms with E-state index in [0.717, 1.165) is 20.8 Å². The van der Waals surface area contributed by atoms with Crippen molar-refractivity contribution in [2.75, 3.05) is 0 Å². The molecule has 14 heteroatoms. The lowest BCUT2D eigenvalue weighted by molar-refractivity contribution is -0.391. The maximum atomic E-state index is 14.0. The number of carbonyl (C=O) groups is 6. The molecule has 3 aliphatic carbocycles. The van der Waals surface area contributed by atoms with Crippen LogP contribution in [0.4, 0.5) is 0 Å². The van der Waals surface area contributed by atoms with E-state index in [2.05, 4.69) is 6.58 Å². The molecular weight excluding hydrogens is 668 g/mol. The minimum absolute atomic E-state index is 0.0752. The molecule has 278 valence electrons. The van der Waals surface area contributed by atoms with Gasteiger partial charge in [-0.25, -0.2) is 4.79 Å². The van der Waals surface area contributed by atoms with E-state index < -0.39 is 112 Å². The fraction of sp³-hybridized carbons (Fsp3) is 0.622. The van der Waals surface area contributed by atoms with Crippen molar-refractivity contribution in [1.29, 1.82) is 0 Å². The lowest BCUT2D eigenvalue weighted by Gasteiger charge is -2.62. The number of hydrogen-bond acceptors (Lipinski definition) is 14. The molecular formula is C37H46O14. The molecule has 2 saturated heterocycles. The van der Waals surface area contributed by atoms with Crippen LogP contribution in [-0.2, 0) is 57.1 Å². The Morgan fingerprint density at radius 1 is 0.745 bits per heavy atom. The molecule has 5 fully saturated rings. The lowest BCUT2D eigenvalue weighted by Crippen LogP contribution is -2.80. The van der Waals surface area contributed by atoms with Crippen molar-refractivity contribution in [3.05, 3.63) is 48.0 Å². The Morgan fingerprint density at radius 2 is 1.24 bits per heavy atom. The van der Waals surface area contributed by atoms with E-state index in [0.29, 0.717) is 0 Å². The number of hydrogen-bond donors (Lipinski definition) is 1. The number of esters is 6. The summed E-state index contributed by atoms with van der Waals surface area (Å²) in [7, 11) is 0. The molecule has 1 aromatic carbocycles. The third-order valence-corrected chi connectivity index (χ3v) is 11.2. The summed E-state index contributed by atoms with van der Waals surface area (Å²) >= 11 is 0. The van der Waals surface area contributed by atoms with E-state index in [1.807, 2.05) is 0 Å². The molecule has 1 N–H and O–H groups in total. The lowest BCUT2D eigenvalue weighted by atomic mass is 9.52. The Kier molecular flexibility index (Phi) is 9.70. The molecule has 0 amide bonds. The molecule has 5 aliphatic rings. The first kappa shape index (κ1) is 37.9. The second kappa shape index (κ2) is 13.0. The summed E-state index contributed by atoms with van der Waals surface area (Å²) in [4.78, 5) is 78.5. The highest BCUT2D eigenvalue weighted by molar-refractivity contribution is 5.90. The Hall–Kier alpha value is -4.30. The van der Waals surface area contributed by atoms with Gasteiger partial charge in [-0.05, 0) is 43.9 Å². The minimum Gasteiger partial charge on any atom is -0.459 e. The molecule has 2 heterocycles. The number of carbonyl (C=O) groups excluding carboxylic acids is 6. The van der Waals surface area contributed by atoms with E-state index in [-0.39, 0.29) is 17.6 Å². The van der Waals surface area contributed by atoms with Crippen LogP contribution in [0.3, 0.4) is 0 Å². The van der Waals surface area contributed by atoms with Crippen molar-refractivity contribution in [3.8, 4) is 0 Å². The fourth-order valence-electron chi connectivity index (χ4n) is 9.63. The second-order valence-electron chi connectivity index (χ2n) is 14.5. The molecule has 0 aromatic heterocycles. The van der Waals surface area contributed by atoms with Crippen LogP contribution in [0.1, 0.15) is 79.1 Å². The van der Waals surface area contributed by atoms with E-state index in [4.69, 9.17) is 33.2 Å². The summed E-state index contributed by atoms with van der Waals surface area (Å²) in [6, 6.07) is 7.92. The van der Waals surface area contributed by atoms with Gasteiger partial charge in [0.15, 0.2) is 23.9 Å². The second-order valence-corrected chi connectivity index (χ2v) is 14.5. The monoisotopic (exact) mass is 714 g/mol. The molecule has 2 bridgehead atoms. The van der Waals surface area contributed by atoms with Gasteiger partial charge < -0.3 is 38.3 Å². The predicted molar refractivity (Wildman–Crippen MR) is 174 cm³/mol. The highest BCUT2D eigenvalue weighted by Gasteiger charge is 2.89. The van der Waals surface area contributed by atoms with Crippen molar-refractivity contribution in [1.82, 2.24) is 0 Å². The first-order valence-electron chi connectivity index (χ1n) is 16.9. The van der Waals surface area contributed by atoms with Gasteiger partial charge in [-0.2, -0.15) is 0 Å². The summed E-state index contributed by atoms with van der Waals surface area (Å²) in [5, 5.41) is 13.6. The molecule has 6 rings (SSSR count). The van der Waals surface area contributed by atoms with Crippen molar-refractivity contribution < 1.29 is 67.0 Å². The predicted octanol–water partition coefficient (Wildman–Crippen LogP) is 3.01. The highest BCUT2D eigenvalue weighted by atomic mass is 16.7. The molecule has 14 nitrogen and oxygen atoms in total. The van der Waals surface area contributed by atoms with Crippen molar-refractivity contribution >= 4 is 35.8 Å². The molecule has 2 aliphatic heterocycles. The van der Waals surface area contributed by atoms with E-state index in [1.54, 1.807) is 32.0 Å². The molecule has 0 unspecified atom stereocenters. The van der Waals surface area contributed by atoms with Gasteiger partial charge in [-0.1, -0.05) is 38.6 Å². The SMILES string of the molecule is C=C(C)[C@@]1(OC(=O)c2ccccc2)[C@H](OC(C)=O)[C@H]2[C@H](OC(C)=O)[C@@]3(C)O[C@@]4([C@@H]3OC(C)=O)[C@@H](OC(C)=O)[C@@H](C)C[C@H]4[C@@]2(O)[C@H](C)[C@@H]1OC(C)=O. The summed E-state index contributed by atoms with van der Waals surface area (Å²) < 4.78 is 43.1. The zero-order valence-electron chi connectivity index (χ0n) is 30.3. The summed E-state index contributed by atoms with van der Waals surface area (Å²) in [5.41, 5.74) is -7.70. The first-order valence-corrected chi connectivity index (χ1v) is 16.9. The highest BCUT2D eigenvalue weighted by Crippen LogP contribution is 2.71. The zero-order valence-corrected chi connectivity index (χ0v) is 30.3. The van der Waals surface area contributed by atoms with Crippen molar-refractivity contribution in [2.24, 2.45) is 23.7 Å². The maximum Gasteiger partial charge on any atom is 0.339 e. The van der Waals surface area contributed by atoms with Gasteiger partial charge in [0.2, 0.25) is 5.60 Å². The Bertz CT molecular complexity index is 1640. The topological polar surface area (TPSA) is 187 Å². The smallest absolute Gasteiger partial charge is 0.339 e. The summed E-state index contributed by atoms with van der Waals surface area (Å²) in [5.74, 6) is -9.17. The molecule has 0 radical (unpaired) electrons. The van der Waals surface area contributed by atoms with Crippen LogP contribution in [0, 0.1) is 23.7 Å². The largest absolute Gasteiger partial charge is 0.459 e. The van der Waals surface area contributed by atoms with Gasteiger partial charge in [0.05, 0.1) is 17.1 Å². The number of ether oxygens (including phenoxy) is 7. The van der Waals surface area contributed by atoms with Gasteiger partial charge in [0, 0.05) is 46.5 Å². The van der Waals surface area contributed by atoms with E-state index in [1.165, 1.54) is 39.8 Å². The fourth-order valence-corrected chi connectivity index (χ4v) is 9.63. The van der Waals surface area contributed by atoms with Crippen molar-refractivity contribution in [2.45, 2.75) is 122 Å². The normalized spacial score (nSPS) is 40.5. The minimum atomic E-state index is -2.20. The summed E-state index contributed by atoms with van der Waals surface area (Å²) in [6.45, 7) is 16.2. The van der Waals surface area contributed by atoms with Crippen LogP contribution in [0.2, 0.25) is 0 Å². The molecule has 3 saturated carbocycles. The van der Waals surface area contributed by atoms with E-state index in [9.17, 15) is 33.9 Å². The van der Waals surface area contributed by atoms with Gasteiger partial charge in [-0.3, -0.25) is 24.0 Å². The van der Waals surface area contributed by atoms with E-state index >= 15 is 0 Å². The number of rotatable bonds is 8. The van der Waals surface area contributed by atoms with Crippen LogP contribution in [0.25, 0.3) is 0 Å². The molecule has 13 atom stereocenters. The average molecular weight is 715 g/mol. The van der Waals surface area contributed by atoms with Crippen molar-refractivity contribution in [3.63, 3.8) is 0 Å². The van der Waals surface area contributed by atoms with Crippen LogP contribution < -0.4 is 0 Å². The van der Waals surface area contributed by atoms with Crippen LogP contribution in [-0.4, -0.2) is 93.8 Å². The quantitative estimate of drug-likeness (QED) is 0.235. The third-order valence-electron chi connectivity index (χ3n) is 11.2. The van der Waals surface area contributed by atoms with Crippen LogP contribution in [0.5, 0.6) is 0 Å². The van der Waals surface area contributed by atoms with Gasteiger partial charge >= 0.3 is 35.8 Å². The number of benzene rings is 1. The standard InChI is InChI=1S/C37H46O14/c1-17(2)36(50-32(43)25-14-12-11-13-15-25)29(46-21(6)39)19(4)35(44)26-16-18(3)28(45-20(5)38)37(26)33(49-24(9)42)34(10,51-37)30(47-22(7)40)27(35)31(36)48-23(8)41/h11-15,18-19,26-31,33,44H,1,16H2,2-10H3/t18-,19+,26-,27+,28-,29-,30-,31+,33+,34+,35-,36-,37+/m0/s1. The Labute approximate surface area is 296 Å². The maximum absolute atomic E-state index is 14.0. The Morgan fingerprint density at radius 3 is 1.75 bits per heavy atom. The summed E-state index contributed by atoms with van der Waals surface area (Å²) in [6.07, 6.45) is -7.17. The van der Waals surface area contributed by atoms with Gasteiger partial charge in [-0.15, -0.1) is 0 Å². The van der Waals surface area contributed by atoms with Gasteiger partial charge in [0.1, 0.15) is 17.8 Å². The average Bonchev–Trinajstić information content (AvgIpc) is 3.25. The van der Waals surface area contributed by atoms with Gasteiger partial charge in [0.25, 0.3) is 0 Å². The van der Waals surface area contributed by atoms with Crippen LogP contribution >= 0.6 is 0 Å². The molecule has 51 heavy (non-hydrogen) atoms. The Balaban J connectivity index is 1.89. The molecule has 1 spiro atoms. The van der Waals surface area contributed by atoms with Crippen LogP contribution in [0.15, 0.2) is 42.5 Å².